The van der Waals surface area contributed by atoms with Gasteiger partial charge in [0.15, 0.2) is 0 Å². The van der Waals surface area contributed by atoms with Crippen LogP contribution in [0.4, 0.5) is 0 Å². The largest absolute Gasteiger partial charge is 0.156 e. The minimum Gasteiger partial charge on any atom is -0.156 e. The maximum absolute atomic E-state index is 4.11. The molecule has 0 saturated heterocycles. The molecule has 15 heavy (non-hydrogen) atoms. The molecule has 1 rings (SSSR count). The van der Waals surface area contributed by atoms with Gasteiger partial charge in [-0.05, 0) is 32.4 Å². The van der Waals surface area contributed by atoms with Crippen LogP contribution in [0.15, 0.2) is 36.9 Å². The predicted molar refractivity (Wildman–Crippen MR) is 64.5 cm³/mol. The molecule has 2 heteroatoms. The van der Waals surface area contributed by atoms with Crippen molar-refractivity contribution in [2.24, 2.45) is 0 Å². The highest BCUT2D eigenvalue weighted by molar-refractivity contribution is 5.75. The lowest BCUT2D eigenvalue weighted by Crippen LogP contribution is -1.96. The molecule has 0 spiro atoms. The zero-order chi connectivity index (χ0) is 11.3. The predicted octanol–water partition coefficient (Wildman–Crippen LogP) is 3.24. The summed E-state index contributed by atoms with van der Waals surface area (Å²) in [5, 5.41) is 8.12. The first-order valence-electron chi connectivity index (χ1n) is 4.95. The normalized spacial score (nSPS) is 12.1. The van der Waals surface area contributed by atoms with Crippen molar-refractivity contribution in [3.8, 4) is 0 Å². The first-order valence-corrected chi connectivity index (χ1v) is 4.95. The summed E-state index contributed by atoms with van der Waals surface area (Å²) in [5.74, 6) is 0. The van der Waals surface area contributed by atoms with Crippen molar-refractivity contribution in [2.75, 3.05) is 0 Å². The van der Waals surface area contributed by atoms with Gasteiger partial charge in [-0.1, -0.05) is 30.9 Å². The van der Waals surface area contributed by atoms with Crippen molar-refractivity contribution in [2.45, 2.75) is 20.8 Å². The molecule has 0 unspecified atom stereocenters. The zero-order valence-corrected chi connectivity index (χ0v) is 9.49. The summed E-state index contributed by atoms with van der Waals surface area (Å²) >= 11 is 0. The second-order valence-electron chi connectivity index (χ2n) is 3.32. The summed E-state index contributed by atoms with van der Waals surface area (Å²) < 4.78 is 0. The van der Waals surface area contributed by atoms with E-state index in [1.165, 1.54) is 0 Å². The number of hydrogen-bond donors (Lipinski definition) is 0. The van der Waals surface area contributed by atoms with Crippen LogP contribution in [0.5, 0.6) is 0 Å². The van der Waals surface area contributed by atoms with E-state index in [2.05, 4.69) is 22.9 Å². The van der Waals surface area contributed by atoms with Crippen molar-refractivity contribution in [1.82, 2.24) is 10.2 Å². The smallest absolute Gasteiger partial charge is 0.0678 e. The van der Waals surface area contributed by atoms with E-state index in [4.69, 9.17) is 0 Å². The molecule has 0 saturated carbocycles. The fraction of sp³-hybridized carbons (Fsp3) is 0.231. The third-order valence-corrected chi connectivity index (χ3v) is 2.13. The summed E-state index contributed by atoms with van der Waals surface area (Å²) in [7, 11) is 0. The van der Waals surface area contributed by atoms with Crippen LogP contribution in [0.1, 0.15) is 23.9 Å². The molecule has 0 aromatic carbocycles. The van der Waals surface area contributed by atoms with Crippen LogP contribution < -0.4 is 0 Å². The maximum atomic E-state index is 4.11. The van der Waals surface area contributed by atoms with E-state index in [9.17, 15) is 0 Å². The first kappa shape index (κ1) is 11.4. The third kappa shape index (κ3) is 2.88. The molecule has 1 aromatic rings. The molecule has 1 aromatic heterocycles. The van der Waals surface area contributed by atoms with Crippen LogP contribution >= 0.6 is 0 Å². The highest BCUT2D eigenvalue weighted by Gasteiger charge is 2.03. The maximum Gasteiger partial charge on any atom is 0.0678 e. The van der Waals surface area contributed by atoms with Gasteiger partial charge in [0.1, 0.15) is 0 Å². The van der Waals surface area contributed by atoms with Gasteiger partial charge in [0.25, 0.3) is 0 Å². The van der Waals surface area contributed by atoms with Crippen LogP contribution in [0, 0.1) is 13.8 Å². The Morgan fingerprint density at radius 1 is 1.33 bits per heavy atom. The Hall–Kier alpha value is -1.70. The average Bonchev–Trinajstić information content (AvgIpc) is 2.24. The molecule has 78 valence electrons. The molecule has 0 bridgehead atoms. The number of hydrogen-bond acceptors (Lipinski definition) is 2. The molecule has 0 radical (unpaired) electrons. The second kappa shape index (κ2) is 5.25. The molecule has 2 nitrogen and oxygen atoms in total. The van der Waals surface area contributed by atoms with Crippen molar-refractivity contribution in [3.05, 3.63) is 53.9 Å². The van der Waals surface area contributed by atoms with E-state index in [-0.39, 0.29) is 0 Å². The number of aryl methyl sites for hydroxylation is 2. The Morgan fingerprint density at radius 3 is 2.67 bits per heavy atom. The van der Waals surface area contributed by atoms with E-state index in [0.717, 1.165) is 22.5 Å². The van der Waals surface area contributed by atoms with Crippen LogP contribution in [0.2, 0.25) is 0 Å². The van der Waals surface area contributed by atoms with Gasteiger partial charge >= 0.3 is 0 Å². The molecule has 0 aliphatic rings. The molecule has 0 aliphatic carbocycles. The Bertz CT molecular complexity index is 415. The molecule has 1 heterocycles. The summed E-state index contributed by atoms with van der Waals surface area (Å²) in [6.07, 6.45) is 7.77. The van der Waals surface area contributed by atoms with E-state index in [0.29, 0.717) is 0 Å². The monoisotopic (exact) mass is 200 g/mol. The molecular formula is C13H16N2. The van der Waals surface area contributed by atoms with Crippen molar-refractivity contribution in [3.63, 3.8) is 0 Å². The van der Waals surface area contributed by atoms with Gasteiger partial charge in [0.2, 0.25) is 0 Å². The lowest BCUT2D eigenvalue weighted by molar-refractivity contribution is 0.934. The SMILES string of the molecule is C=C/C=C\C(=C/C)c1cc(C)nnc1C. The molecule has 0 atom stereocenters. The van der Waals surface area contributed by atoms with Crippen molar-refractivity contribution < 1.29 is 0 Å². The van der Waals surface area contributed by atoms with Gasteiger partial charge in [0.05, 0.1) is 11.4 Å². The van der Waals surface area contributed by atoms with E-state index >= 15 is 0 Å². The lowest BCUT2D eigenvalue weighted by atomic mass is 10.0. The Morgan fingerprint density at radius 2 is 2.07 bits per heavy atom. The lowest BCUT2D eigenvalue weighted by Gasteiger charge is -2.05. The van der Waals surface area contributed by atoms with E-state index in [1.807, 2.05) is 39.0 Å². The van der Waals surface area contributed by atoms with Gasteiger partial charge in [-0.3, -0.25) is 0 Å². The summed E-state index contributed by atoms with van der Waals surface area (Å²) in [6, 6.07) is 2.05. The zero-order valence-electron chi connectivity index (χ0n) is 9.49. The van der Waals surface area contributed by atoms with Crippen molar-refractivity contribution in [1.29, 1.82) is 0 Å². The molecular weight excluding hydrogens is 184 g/mol. The van der Waals surface area contributed by atoms with Crippen LogP contribution in [0.3, 0.4) is 0 Å². The topological polar surface area (TPSA) is 25.8 Å². The van der Waals surface area contributed by atoms with Gasteiger partial charge in [-0.15, -0.1) is 0 Å². The third-order valence-electron chi connectivity index (χ3n) is 2.13. The summed E-state index contributed by atoms with van der Waals surface area (Å²) in [5.41, 5.74) is 4.15. The Balaban J connectivity index is 3.18. The first-order chi connectivity index (χ1) is 7.19. The molecule has 0 N–H and O–H groups in total. The summed E-state index contributed by atoms with van der Waals surface area (Å²) in [6.45, 7) is 9.58. The number of nitrogens with zero attached hydrogens (tertiary/aromatic N) is 2. The number of rotatable bonds is 3. The van der Waals surface area contributed by atoms with Crippen LogP contribution in [-0.2, 0) is 0 Å². The van der Waals surface area contributed by atoms with Gasteiger partial charge in [0, 0.05) is 5.56 Å². The van der Waals surface area contributed by atoms with E-state index in [1.54, 1.807) is 6.08 Å². The number of allylic oxidation sites excluding steroid dienone is 5. The molecule has 0 aliphatic heterocycles. The Kier molecular flexibility index (Phi) is 3.98. The van der Waals surface area contributed by atoms with Gasteiger partial charge in [-0.25, -0.2) is 0 Å². The second-order valence-corrected chi connectivity index (χ2v) is 3.32. The highest BCUT2D eigenvalue weighted by atomic mass is 15.1. The van der Waals surface area contributed by atoms with Gasteiger partial charge in [-0.2, -0.15) is 10.2 Å². The van der Waals surface area contributed by atoms with Crippen molar-refractivity contribution >= 4 is 5.57 Å². The quantitative estimate of drug-likeness (QED) is 0.700. The van der Waals surface area contributed by atoms with Crippen LogP contribution in [-0.4, -0.2) is 10.2 Å². The van der Waals surface area contributed by atoms with Crippen LogP contribution in [0.25, 0.3) is 5.57 Å². The Labute approximate surface area is 91.1 Å². The standard InChI is InChI=1S/C13H16N2/c1-5-7-8-12(6-2)13-9-10(3)14-15-11(13)4/h5-9H,1H2,2-4H3/b8-7-,12-6+. The minimum atomic E-state index is 0.932. The van der Waals surface area contributed by atoms with E-state index < -0.39 is 0 Å². The fourth-order valence-corrected chi connectivity index (χ4v) is 1.36. The average molecular weight is 200 g/mol. The fourth-order valence-electron chi connectivity index (χ4n) is 1.36. The molecule has 0 amide bonds. The number of aromatic nitrogens is 2. The molecule has 0 fully saturated rings. The summed E-state index contributed by atoms with van der Waals surface area (Å²) in [4.78, 5) is 0. The van der Waals surface area contributed by atoms with Gasteiger partial charge < -0.3 is 0 Å². The highest BCUT2D eigenvalue weighted by Crippen LogP contribution is 2.18. The minimum absolute atomic E-state index is 0.932.